The van der Waals surface area contributed by atoms with Crippen LogP contribution >= 0.6 is 11.6 Å². The summed E-state index contributed by atoms with van der Waals surface area (Å²) in [7, 11) is 2.03. The summed E-state index contributed by atoms with van der Waals surface area (Å²) in [5.74, 6) is 2.32. The summed E-state index contributed by atoms with van der Waals surface area (Å²) in [6.45, 7) is 4.44. The van der Waals surface area contributed by atoms with Crippen LogP contribution in [0.2, 0.25) is 0 Å². The molecule has 2 atom stereocenters. The van der Waals surface area contributed by atoms with Gasteiger partial charge in [0.15, 0.2) is 5.65 Å². The molecule has 0 aromatic carbocycles. The highest BCUT2D eigenvalue weighted by atomic mass is 35.5. The van der Waals surface area contributed by atoms with Crippen LogP contribution in [0.3, 0.4) is 0 Å². The molecular weight excluding hydrogens is 284 g/mol. The van der Waals surface area contributed by atoms with Gasteiger partial charge in [-0.05, 0) is 25.2 Å². The first-order chi connectivity index (χ1) is 10.2. The number of aryl methyl sites for hydroxylation is 2. The molecule has 2 aromatic heterocycles. The third-order valence-corrected chi connectivity index (χ3v) is 5.20. The molecule has 0 amide bonds. The number of alkyl halides is 1. The molecule has 2 heterocycles. The summed E-state index contributed by atoms with van der Waals surface area (Å²) < 4.78 is 4.38. The molecule has 0 N–H and O–H groups in total. The maximum Gasteiger partial charge on any atom is 0.158 e. The molecule has 116 valence electrons. The standard InChI is InChI=1S/C16H25ClN4/c1-4-11-7-6-8-12(9-11)21-14(10-17)18-15-13(5-2)19-20(3)16(15)21/h11-12H,4-10H2,1-3H3. The zero-order chi connectivity index (χ0) is 15.0. The van der Waals surface area contributed by atoms with Gasteiger partial charge < -0.3 is 4.57 Å². The highest BCUT2D eigenvalue weighted by Crippen LogP contribution is 2.37. The Balaban J connectivity index is 2.09. The van der Waals surface area contributed by atoms with Crippen molar-refractivity contribution in [1.82, 2.24) is 19.3 Å². The molecule has 0 spiro atoms. The SMILES string of the molecule is CCc1nn(C)c2c1nc(CCl)n2C1CCCC(CC)C1. The summed E-state index contributed by atoms with van der Waals surface area (Å²) in [5, 5.41) is 4.63. The van der Waals surface area contributed by atoms with Gasteiger partial charge in [-0.2, -0.15) is 5.10 Å². The Bertz CT molecular complexity index is 628. The first-order valence-electron chi connectivity index (χ1n) is 8.18. The number of rotatable bonds is 4. The van der Waals surface area contributed by atoms with Gasteiger partial charge in [-0.1, -0.05) is 33.1 Å². The van der Waals surface area contributed by atoms with E-state index in [9.17, 15) is 0 Å². The number of halogens is 1. The molecular formula is C16H25ClN4. The van der Waals surface area contributed by atoms with Crippen molar-refractivity contribution >= 4 is 22.8 Å². The zero-order valence-corrected chi connectivity index (χ0v) is 14.0. The number of aromatic nitrogens is 4. The van der Waals surface area contributed by atoms with Gasteiger partial charge in [0.2, 0.25) is 0 Å². The van der Waals surface area contributed by atoms with Crippen LogP contribution in [0.5, 0.6) is 0 Å². The smallest absolute Gasteiger partial charge is 0.158 e. The second-order valence-corrected chi connectivity index (χ2v) is 6.49. The van der Waals surface area contributed by atoms with E-state index in [1.165, 1.54) is 32.1 Å². The lowest BCUT2D eigenvalue weighted by Crippen LogP contribution is -2.21. The van der Waals surface area contributed by atoms with Crippen molar-refractivity contribution in [3.05, 3.63) is 11.5 Å². The lowest BCUT2D eigenvalue weighted by atomic mass is 9.84. The summed E-state index contributed by atoms with van der Waals surface area (Å²) in [6.07, 6.45) is 7.35. The average molecular weight is 309 g/mol. The highest BCUT2D eigenvalue weighted by molar-refractivity contribution is 6.16. The van der Waals surface area contributed by atoms with Gasteiger partial charge in [-0.25, -0.2) is 4.98 Å². The summed E-state index contributed by atoms with van der Waals surface area (Å²) in [6, 6.07) is 0.530. The fourth-order valence-corrected chi connectivity index (χ4v) is 4.02. The van der Waals surface area contributed by atoms with E-state index < -0.39 is 0 Å². The Labute approximate surface area is 131 Å². The molecule has 0 aliphatic heterocycles. The second-order valence-electron chi connectivity index (χ2n) is 6.22. The van der Waals surface area contributed by atoms with Crippen LogP contribution in [0.25, 0.3) is 11.2 Å². The lowest BCUT2D eigenvalue weighted by molar-refractivity contribution is 0.261. The van der Waals surface area contributed by atoms with Gasteiger partial charge in [0.1, 0.15) is 11.3 Å². The number of hydrogen-bond donors (Lipinski definition) is 0. The molecule has 1 aliphatic carbocycles. The Hall–Kier alpha value is -1.03. The molecule has 1 aliphatic rings. The van der Waals surface area contributed by atoms with E-state index in [-0.39, 0.29) is 0 Å². The molecule has 0 bridgehead atoms. The van der Waals surface area contributed by atoms with Crippen molar-refractivity contribution in [2.24, 2.45) is 13.0 Å². The van der Waals surface area contributed by atoms with Gasteiger partial charge >= 0.3 is 0 Å². The van der Waals surface area contributed by atoms with Crippen molar-refractivity contribution in [2.45, 2.75) is 64.3 Å². The van der Waals surface area contributed by atoms with Gasteiger partial charge in [-0.3, -0.25) is 4.68 Å². The van der Waals surface area contributed by atoms with Gasteiger partial charge in [-0.15, -0.1) is 11.6 Å². The van der Waals surface area contributed by atoms with Crippen LogP contribution in [0, 0.1) is 5.92 Å². The van der Waals surface area contributed by atoms with E-state index >= 15 is 0 Å². The summed E-state index contributed by atoms with van der Waals surface area (Å²) in [5.41, 5.74) is 3.29. The third kappa shape index (κ3) is 2.48. The number of nitrogens with zero attached hydrogens (tertiary/aromatic N) is 4. The Kier molecular flexibility index (Phi) is 4.25. The fraction of sp³-hybridized carbons (Fsp3) is 0.750. The topological polar surface area (TPSA) is 35.6 Å². The first-order valence-corrected chi connectivity index (χ1v) is 8.71. The van der Waals surface area contributed by atoms with Crippen LogP contribution in [0.4, 0.5) is 0 Å². The van der Waals surface area contributed by atoms with E-state index in [0.717, 1.165) is 35.0 Å². The van der Waals surface area contributed by atoms with Crippen molar-refractivity contribution < 1.29 is 0 Å². The predicted molar refractivity (Wildman–Crippen MR) is 86.7 cm³/mol. The average Bonchev–Trinajstić information content (AvgIpc) is 3.04. The highest BCUT2D eigenvalue weighted by Gasteiger charge is 2.27. The molecule has 21 heavy (non-hydrogen) atoms. The van der Waals surface area contributed by atoms with Crippen molar-refractivity contribution in [3.8, 4) is 0 Å². The fourth-order valence-electron chi connectivity index (χ4n) is 3.83. The van der Waals surface area contributed by atoms with Crippen molar-refractivity contribution in [2.75, 3.05) is 0 Å². The van der Waals surface area contributed by atoms with Crippen LogP contribution in [-0.4, -0.2) is 19.3 Å². The molecule has 2 unspecified atom stereocenters. The quantitative estimate of drug-likeness (QED) is 0.793. The maximum atomic E-state index is 6.18. The van der Waals surface area contributed by atoms with E-state index in [1.807, 2.05) is 11.7 Å². The van der Waals surface area contributed by atoms with Gasteiger partial charge in [0.05, 0.1) is 11.6 Å². The Morgan fingerprint density at radius 2 is 2.10 bits per heavy atom. The van der Waals surface area contributed by atoms with E-state index in [1.54, 1.807) is 0 Å². The number of hydrogen-bond acceptors (Lipinski definition) is 2. The third-order valence-electron chi connectivity index (χ3n) is 4.96. The molecule has 2 aromatic rings. The summed E-state index contributed by atoms with van der Waals surface area (Å²) in [4.78, 5) is 4.80. The van der Waals surface area contributed by atoms with Crippen molar-refractivity contribution in [3.63, 3.8) is 0 Å². The van der Waals surface area contributed by atoms with Gasteiger partial charge in [0.25, 0.3) is 0 Å². The Morgan fingerprint density at radius 3 is 2.76 bits per heavy atom. The lowest BCUT2D eigenvalue weighted by Gasteiger charge is -2.30. The molecule has 3 rings (SSSR count). The summed E-state index contributed by atoms with van der Waals surface area (Å²) >= 11 is 6.18. The molecule has 0 saturated heterocycles. The molecule has 1 saturated carbocycles. The van der Waals surface area contributed by atoms with Crippen LogP contribution in [0.15, 0.2) is 0 Å². The van der Waals surface area contributed by atoms with Crippen LogP contribution in [-0.2, 0) is 19.3 Å². The first kappa shape index (κ1) is 14.9. The second kappa shape index (κ2) is 5.99. The Morgan fingerprint density at radius 1 is 1.29 bits per heavy atom. The normalized spacial score (nSPS) is 23.0. The zero-order valence-electron chi connectivity index (χ0n) is 13.3. The largest absolute Gasteiger partial charge is 0.309 e. The van der Waals surface area contributed by atoms with E-state index in [4.69, 9.17) is 16.6 Å². The molecule has 1 fully saturated rings. The van der Waals surface area contributed by atoms with E-state index in [0.29, 0.717) is 11.9 Å². The van der Waals surface area contributed by atoms with E-state index in [2.05, 4.69) is 23.5 Å². The van der Waals surface area contributed by atoms with Gasteiger partial charge in [0, 0.05) is 13.1 Å². The molecule has 4 nitrogen and oxygen atoms in total. The number of fused-ring (bicyclic) bond motifs is 1. The molecule has 5 heteroatoms. The number of imidazole rings is 1. The van der Waals surface area contributed by atoms with Crippen LogP contribution in [0.1, 0.15) is 63.5 Å². The monoisotopic (exact) mass is 308 g/mol. The maximum absolute atomic E-state index is 6.18. The predicted octanol–water partition coefficient (Wildman–Crippen LogP) is 4.21. The van der Waals surface area contributed by atoms with Crippen LogP contribution < -0.4 is 0 Å². The minimum absolute atomic E-state index is 0.477. The van der Waals surface area contributed by atoms with Crippen molar-refractivity contribution in [1.29, 1.82) is 0 Å². The molecule has 0 radical (unpaired) electrons. The minimum atomic E-state index is 0.477. The minimum Gasteiger partial charge on any atom is -0.309 e.